The summed E-state index contributed by atoms with van der Waals surface area (Å²) in [5.74, 6) is 0.959. The van der Waals surface area contributed by atoms with Crippen molar-refractivity contribution in [2.75, 3.05) is 19.6 Å². The molecule has 2 heteroatoms. The van der Waals surface area contributed by atoms with Crippen LogP contribution in [0.3, 0.4) is 0 Å². The minimum absolute atomic E-state index is 0.524. The second-order valence-electron chi connectivity index (χ2n) is 6.76. The first-order chi connectivity index (χ1) is 10.2. The van der Waals surface area contributed by atoms with Gasteiger partial charge in [-0.2, -0.15) is 0 Å². The molecule has 1 aliphatic rings. The van der Waals surface area contributed by atoms with Crippen molar-refractivity contribution in [3.8, 4) is 0 Å². The van der Waals surface area contributed by atoms with E-state index in [1.54, 1.807) is 0 Å². The molecule has 0 radical (unpaired) electrons. The molecule has 1 aromatic rings. The molecule has 1 aliphatic heterocycles. The summed E-state index contributed by atoms with van der Waals surface area (Å²) in [5, 5.41) is 3.64. The van der Waals surface area contributed by atoms with Crippen LogP contribution in [0.25, 0.3) is 0 Å². The molecule has 1 heterocycles. The van der Waals surface area contributed by atoms with Crippen molar-refractivity contribution in [3.63, 3.8) is 0 Å². The first kappa shape index (κ1) is 16.5. The van der Waals surface area contributed by atoms with E-state index in [4.69, 9.17) is 0 Å². The summed E-state index contributed by atoms with van der Waals surface area (Å²) in [5.41, 5.74) is 1.46. The Kier molecular flexibility index (Phi) is 6.72. The molecule has 21 heavy (non-hydrogen) atoms. The maximum atomic E-state index is 3.64. The molecule has 1 saturated heterocycles. The minimum Gasteiger partial charge on any atom is -0.313 e. The van der Waals surface area contributed by atoms with E-state index in [-0.39, 0.29) is 0 Å². The predicted molar refractivity (Wildman–Crippen MR) is 91.5 cm³/mol. The number of nitrogens with one attached hydrogen (secondary N) is 1. The smallest absolute Gasteiger partial charge is 0.0472 e. The Morgan fingerprint density at radius 2 is 1.81 bits per heavy atom. The summed E-state index contributed by atoms with van der Waals surface area (Å²) in [6.45, 7) is 10.3. The van der Waals surface area contributed by atoms with Gasteiger partial charge in [0.25, 0.3) is 0 Å². The highest BCUT2D eigenvalue weighted by atomic mass is 15.2. The lowest BCUT2D eigenvalue weighted by Gasteiger charge is -2.38. The van der Waals surface area contributed by atoms with Crippen LogP contribution >= 0.6 is 0 Å². The van der Waals surface area contributed by atoms with Crippen molar-refractivity contribution in [1.29, 1.82) is 0 Å². The fourth-order valence-electron chi connectivity index (χ4n) is 3.44. The molecule has 2 nitrogen and oxygen atoms in total. The van der Waals surface area contributed by atoms with E-state index >= 15 is 0 Å². The zero-order valence-electron chi connectivity index (χ0n) is 14.0. The SMILES string of the molecule is CCCC1CCN(C(CNC(C)C)c2ccccc2)CC1. The minimum atomic E-state index is 0.524. The van der Waals surface area contributed by atoms with Gasteiger partial charge >= 0.3 is 0 Å². The molecule has 0 spiro atoms. The Morgan fingerprint density at radius 3 is 2.38 bits per heavy atom. The van der Waals surface area contributed by atoms with Crippen LogP contribution < -0.4 is 5.32 Å². The van der Waals surface area contributed by atoms with E-state index in [0.717, 1.165) is 12.5 Å². The van der Waals surface area contributed by atoms with Gasteiger partial charge in [-0.25, -0.2) is 0 Å². The van der Waals surface area contributed by atoms with Gasteiger partial charge in [0.15, 0.2) is 0 Å². The third kappa shape index (κ3) is 5.12. The van der Waals surface area contributed by atoms with Crippen LogP contribution in [-0.2, 0) is 0 Å². The molecular formula is C19H32N2. The van der Waals surface area contributed by atoms with Crippen LogP contribution in [0.1, 0.15) is 58.1 Å². The highest BCUT2D eigenvalue weighted by Gasteiger charge is 2.25. The van der Waals surface area contributed by atoms with Gasteiger partial charge < -0.3 is 5.32 Å². The molecule has 1 unspecified atom stereocenters. The Bertz CT molecular complexity index is 380. The summed E-state index contributed by atoms with van der Waals surface area (Å²) in [7, 11) is 0. The fraction of sp³-hybridized carbons (Fsp3) is 0.684. The summed E-state index contributed by atoms with van der Waals surface area (Å²) >= 11 is 0. The molecule has 0 saturated carbocycles. The van der Waals surface area contributed by atoms with E-state index in [1.807, 2.05) is 0 Å². The molecule has 1 fully saturated rings. The Labute approximate surface area is 130 Å². The molecule has 0 bridgehead atoms. The van der Waals surface area contributed by atoms with Crippen LogP contribution in [0.15, 0.2) is 30.3 Å². The number of nitrogens with zero attached hydrogens (tertiary/aromatic N) is 1. The van der Waals surface area contributed by atoms with Crippen LogP contribution in [0.2, 0.25) is 0 Å². The molecule has 2 rings (SSSR count). The summed E-state index contributed by atoms with van der Waals surface area (Å²) in [4.78, 5) is 2.69. The maximum Gasteiger partial charge on any atom is 0.0472 e. The highest BCUT2D eigenvalue weighted by molar-refractivity contribution is 5.19. The first-order valence-electron chi connectivity index (χ1n) is 8.73. The van der Waals surface area contributed by atoms with Gasteiger partial charge in [-0.15, -0.1) is 0 Å². The van der Waals surface area contributed by atoms with Gasteiger partial charge in [0.1, 0.15) is 0 Å². The van der Waals surface area contributed by atoms with Crippen LogP contribution in [0.4, 0.5) is 0 Å². The zero-order valence-corrected chi connectivity index (χ0v) is 14.0. The third-order valence-electron chi connectivity index (χ3n) is 4.69. The second kappa shape index (κ2) is 8.55. The van der Waals surface area contributed by atoms with Crippen LogP contribution in [0.5, 0.6) is 0 Å². The lowest BCUT2D eigenvalue weighted by Crippen LogP contribution is -2.42. The standard InChI is InChI=1S/C19H32N2/c1-4-8-17-11-13-21(14-12-17)19(15-20-16(2)3)18-9-6-5-7-10-18/h5-7,9-10,16-17,19-20H,4,8,11-15H2,1-3H3. The van der Waals surface area contributed by atoms with Crippen molar-refractivity contribution < 1.29 is 0 Å². The Hall–Kier alpha value is -0.860. The number of benzene rings is 1. The van der Waals surface area contributed by atoms with E-state index in [2.05, 4.69) is 61.3 Å². The van der Waals surface area contributed by atoms with E-state index in [0.29, 0.717) is 12.1 Å². The van der Waals surface area contributed by atoms with Crippen molar-refractivity contribution in [3.05, 3.63) is 35.9 Å². The zero-order chi connectivity index (χ0) is 15.1. The van der Waals surface area contributed by atoms with Gasteiger partial charge in [0, 0.05) is 18.6 Å². The van der Waals surface area contributed by atoms with Crippen molar-refractivity contribution in [1.82, 2.24) is 10.2 Å². The summed E-state index contributed by atoms with van der Waals surface area (Å²) < 4.78 is 0. The number of piperidine rings is 1. The fourth-order valence-corrected chi connectivity index (χ4v) is 3.44. The van der Waals surface area contributed by atoms with Gasteiger partial charge in [0.05, 0.1) is 0 Å². The van der Waals surface area contributed by atoms with E-state index in [1.165, 1.54) is 44.3 Å². The summed E-state index contributed by atoms with van der Waals surface area (Å²) in [6.07, 6.45) is 5.49. The molecule has 1 N–H and O–H groups in total. The predicted octanol–water partition coefficient (Wildman–Crippen LogP) is 4.24. The van der Waals surface area contributed by atoms with Crippen LogP contribution in [-0.4, -0.2) is 30.6 Å². The molecule has 1 aromatic carbocycles. The molecule has 0 aliphatic carbocycles. The number of hydrogen-bond acceptors (Lipinski definition) is 2. The lowest BCUT2D eigenvalue weighted by atomic mass is 9.91. The topological polar surface area (TPSA) is 15.3 Å². The molecular weight excluding hydrogens is 256 g/mol. The highest BCUT2D eigenvalue weighted by Crippen LogP contribution is 2.28. The number of hydrogen-bond donors (Lipinski definition) is 1. The van der Waals surface area contributed by atoms with Crippen LogP contribution in [0, 0.1) is 5.92 Å². The molecule has 0 amide bonds. The lowest BCUT2D eigenvalue weighted by molar-refractivity contribution is 0.125. The first-order valence-corrected chi connectivity index (χ1v) is 8.73. The van der Waals surface area contributed by atoms with Gasteiger partial charge in [-0.1, -0.05) is 63.9 Å². The average Bonchev–Trinajstić information content (AvgIpc) is 2.50. The molecule has 0 aromatic heterocycles. The van der Waals surface area contributed by atoms with Crippen molar-refractivity contribution in [2.24, 2.45) is 5.92 Å². The monoisotopic (exact) mass is 288 g/mol. The van der Waals surface area contributed by atoms with Crippen molar-refractivity contribution >= 4 is 0 Å². The average molecular weight is 288 g/mol. The van der Waals surface area contributed by atoms with Gasteiger partial charge in [-0.3, -0.25) is 4.90 Å². The third-order valence-corrected chi connectivity index (χ3v) is 4.69. The number of likely N-dealkylation sites (tertiary alicyclic amines) is 1. The normalized spacial score (nSPS) is 19.0. The van der Waals surface area contributed by atoms with Gasteiger partial charge in [0.2, 0.25) is 0 Å². The number of rotatable bonds is 7. The molecule has 1 atom stereocenters. The largest absolute Gasteiger partial charge is 0.313 e. The second-order valence-corrected chi connectivity index (χ2v) is 6.76. The van der Waals surface area contributed by atoms with E-state index < -0.39 is 0 Å². The Morgan fingerprint density at radius 1 is 1.14 bits per heavy atom. The van der Waals surface area contributed by atoms with E-state index in [9.17, 15) is 0 Å². The summed E-state index contributed by atoms with van der Waals surface area (Å²) in [6, 6.07) is 12.1. The van der Waals surface area contributed by atoms with Gasteiger partial charge in [-0.05, 0) is 37.4 Å². The quantitative estimate of drug-likeness (QED) is 0.807. The Balaban J connectivity index is 1.99. The maximum absolute atomic E-state index is 3.64. The molecule has 118 valence electrons. The van der Waals surface area contributed by atoms with Crippen molar-refractivity contribution in [2.45, 2.75) is 58.5 Å².